The molecular formula is C19H17N3O2. The molecule has 0 bridgehead atoms. The molecule has 1 heterocycles. The second-order valence-corrected chi connectivity index (χ2v) is 5.08. The first-order chi connectivity index (χ1) is 11.8. The fourth-order valence-corrected chi connectivity index (χ4v) is 2.24. The van der Waals surface area contributed by atoms with E-state index < -0.39 is 0 Å². The van der Waals surface area contributed by atoms with Crippen LogP contribution in [0.3, 0.4) is 0 Å². The molecule has 3 rings (SSSR count). The molecule has 5 nitrogen and oxygen atoms in total. The molecule has 0 atom stereocenters. The number of ether oxygens (including phenoxy) is 1. The zero-order valence-corrected chi connectivity index (χ0v) is 13.3. The molecule has 0 saturated heterocycles. The standard InChI is InChI=1S/C19H17N3O2/c1-2-24-19(23)15-8-10-16(11-9-15)22-18-12-17(20-13-21-18)14-6-4-3-5-7-14/h3-13H,2H2,1H3,(H,20,21,22). The number of benzene rings is 2. The summed E-state index contributed by atoms with van der Waals surface area (Å²) in [6.07, 6.45) is 1.53. The molecule has 0 amide bonds. The highest BCUT2D eigenvalue weighted by Crippen LogP contribution is 2.21. The number of carbonyl (C=O) groups excluding carboxylic acids is 1. The van der Waals surface area contributed by atoms with Gasteiger partial charge in [0.25, 0.3) is 0 Å². The average molecular weight is 319 g/mol. The molecule has 24 heavy (non-hydrogen) atoms. The van der Waals surface area contributed by atoms with Crippen molar-refractivity contribution in [2.45, 2.75) is 6.92 Å². The van der Waals surface area contributed by atoms with Crippen LogP contribution in [0.4, 0.5) is 11.5 Å². The summed E-state index contributed by atoms with van der Waals surface area (Å²) in [7, 11) is 0. The first-order valence-corrected chi connectivity index (χ1v) is 7.68. The minimum Gasteiger partial charge on any atom is -0.462 e. The number of nitrogens with zero attached hydrogens (tertiary/aromatic N) is 2. The van der Waals surface area contributed by atoms with Gasteiger partial charge in [-0.25, -0.2) is 14.8 Å². The number of hydrogen-bond acceptors (Lipinski definition) is 5. The van der Waals surface area contributed by atoms with Crippen LogP contribution in [0.1, 0.15) is 17.3 Å². The summed E-state index contributed by atoms with van der Waals surface area (Å²) in [5, 5.41) is 3.21. The third-order valence-electron chi connectivity index (χ3n) is 3.41. The van der Waals surface area contributed by atoms with Crippen LogP contribution >= 0.6 is 0 Å². The zero-order valence-electron chi connectivity index (χ0n) is 13.3. The topological polar surface area (TPSA) is 64.1 Å². The summed E-state index contributed by atoms with van der Waals surface area (Å²) in [6.45, 7) is 2.15. The van der Waals surface area contributed by atoms with Crippen LogP contribution in [0.2, 0.25) is 0 Å². The van der Waals surface area contributed by atoms with Crippen molar-refractivity contribution in [1.29, 1.82) is 0 Å². The van der Waals surface area contributed by atoms with Gasteiger partial charge in [0.2, 0.25) is 0 Å². The van der Waals surface area contributed by atoms with E-state index in [9.17, 15) is 4.79 Å². The van der Waals surface area contributed by atoms with Crippen LogP contribution in [-0.4, -0.2) is 22.5 Å². The summed E-state index contributed by atoms with van der Waals surface area (Å²) < 4.78 is 4.97. The van der Waals surface area contributed by atoms with Crippen molar-refractivity contribution >= 4 is 17.5 Å². The molecule has 1 N–H and O–H groups in total. The fraction of sp³-hybridized carbons (Fsp3) is 0.105. The van der Waals surface area contributed by atoms with Gasteiger partial charge in [-0.15, -0.1) is 0 Å². The van der Waals surface area contributed by atoms with E-state index in [1.807, 2.05) is 48.5 Å². The molecule has 120 valence electrons. The monoisotopic (exact) mass is 319 g/mol. The summed E-state index contributed by atoms with van der Waals surface area (Å²) in [4.78, 5) is 20.2. The fourth-order valence-electron chi connectivity index (χ4n) is 2.24. The van der Waals surface area contributed by atoms with E-state index in [2.05, 4.69) is 15.3 Å². The summed E-state index contributed by atoms with van der Waals surface area (Å²) in [6, 6.07) is 18.9. The Balaban J connectivity index is 1.76. The normalized spacial score (nSPS) is 10.2. The predicted molar refractivity (Wildman–Crippen MR) is 93.1 cm³/mol. The van der Waals surface area contributed by atoms with Crippen molar-refractivity contribution < 1.29 is 9.53 Å². The molecular weight excluding hydrogens is 302 g/mol. The third kappa shape index (κ3) is 3.76. The van der Waals surface area contributed by atoms with E-state index in [4.69, 9.17) is 4.74 Å². The average Bonchev–Trinajstić information content (AvgIpc) is 2.63. The lowest BCUT2D eigenvalue weighted by atomic mass is 10.1. The van der Waals surface area contributed by atoms with Crippen molar-refractivity contribution in [3.63, 3.8) is 0 Å². The molecule has 5 heteroatoms. The number of aromatic nitrogens is 2. The van der Waals surface area contributed by atoms with Gasteiger partial charge in [-0.3, -0.25) is 0 Å². The Morgan fingerprint density at radius 2 is 1.79 bits per heavy atom. The lowest BCUT2D eigenvalue weighted by Gasteiger charge is -2.08. The van der Waals surface area contributed by atoms with Gasteiger partial charge in [0.05, 0.1) is 17.9 Å². The molecule has 0 saturated carbocycles. The van der Waals surface area contributed by atoms with Gasteiger partial charge in [0, 0.05) is 17.3 Å². The third-order valence-corrected chi connectivity index (χ3v) is 3.41. The van der Waals surface area contributed by atoms with E-state index in [-0.39, 0.29) is 5.97 Å². The first kappa shape index (κ1) is 15.7. The molecule has 0 spiro atoms. The van der Waals surface area contributed by atoms with Gasteiger partial charge in [-0.2, -0.15) is 0 Å². The Hall–Kier alpha value is -3.21. The lowest BCUT2D eigenvalue weighted by Crippen LogP contribution is -2.04. The van der Waals surface area contributed by atoms with Gasteiger partial charge in [-0.1, -0.05) is 30.3 Å². The van der Waals surface area contributed by atoms with E-state index in [1.165, 1.54) is 6.33 Å². The maximum Gasteiger partial charge on any atom is 0.338 e. The molecule has 1 aromatic heterocycles. The van der Waals surface area contributed by atoms with Crippen molar-refractivity contribution in [1.82, 2.24) is 9.97 Å². The van der Waals surface area contributed by atoms with Gasteiger partial charge in [0.1, 0.15) is 12.1 Å². The predicted octanol–water partition coefficient (Wildman–Crippen LogP) is 4.06. The number of anilines is 2. The molecule has 0 aliphatic carbocycles. The maximum absolute atomic E-state index is 11.7. The molecule has 3 aromatic rings. The molecule has 0 aliphatic rings. The lowest BCUT2D eigenvalue weighted by molar-refractivity contribution is 0.0526. The number of nitrogens with one attached hydrogen (secondary N) is 1. The van der Waals surface area contributed by atoms with Crippen LogP contribution < -0.4 is 5.32 Å². The van der Waals surface area contributed by atoms with Crippen LogP contribution in [-0.2, 0) is 4.74 Å². The Morgan fingerprint density at radius 3 is 2.50 bits per heavy atom. The maximum atomic E-state index is 11.7. The van der Waals surface area contributed by atoms with Crippen molar-refractivity contribution in [3.8, 4) is 11.3 Å². The highest BCUT2D eigenvalue weighted by Gasteiger charge is 2.06. The second-order valence-electron chi connectivity index (χ2n) is 5.08. The Labute approximate surface area is 140 Å². The van der Waals surface area contributed by atoms with Crippen molar-refractivity contribution in [2.75, 3.05) is 11.9 Å². The van der Waals surface area contributed by atoms with Crippen molar-refractivity contribution in [3.05, 3.63) is 72.6 Å². The molecule has 0 fully saturated rings. The van der Waals surface area contributed by atoms with Crippen molar-refractivity contribution in [2.24, 2.45) is 0 Å². The quantitative estimate of drug-likeness (QED) is 0.718. The summed E-state index contributed by atoms with van der Waals surface area (Å²) in [5.74, 6) is 0.366. The highest BCUT2D eigenvalue weighted by atomic mass is 16.5. The van der Waals surface area contributed by atoms with Crippen LogP contribution in [0, 0.1) is 0 Å². The number of rotatable bonds is 5. The van der Waals surface area contributed by atoms with E-state index in [0.717, 1.165) is 16.9 Å². The van der Waals surface area contributed by atoms with E-state index >= 15 is 0 Å². The number of esters is 1. The van der Waals surface area contributed by atoms with Crippen LogP contribution in [0.15, 0.2) is 67.0 Å². The number of hydrogen-bond donors (Lipinski definition) is 1. The smallest absolute Gasteiger partial charge is 0.338 e. The summed E-state index contributed by atoms with van der Waals surface area (Å²) in [5.41, 5.74) is 3.23. The van der Waals surface area contributed by atoms with Gasteiger partial charge in [0.15, 0.2) is 0 Å². The Morgan fingerprint density at radius 1 is 1.04 bits per heavy atom. The molecule has 0 radical (unpaired) electrons. The Kier molecular flexibility index (Phi) is 4.81. The molecule has 2 aromatic carbocycles. The SMILES string of the molecule is CCOC(=O)c1ccc(Nc2cc(-c3ccccc3)ncn2)cc1. The highest BCUT2D eigenvalue weighted by molar-refractivity contribution is 5.89. The largest absolute Gasteiger partial charge is 0.462 e. The van der Waals surface area contributed by atoms with E-state index in [0.29, 0.717) is 18.0 Å². The van der Waals surface area contributed by atoms with Crippen LogP contribution in [0.5, 0.6) is 0 Å². The first-order valence-electron chi connectivity index (χ1n) is 7.68. The molecule has 0 aliphatic heterocycles. The van der Waals surface area contributed by atoms with Gasteiger partial charge >= 0.3 is 5.97 Å². The van der Waals surface area contributed by atoms with Gasteiger partial charge < -0.3 is 10.1 Å². The minimum atomic E-state index is -0.322. The molecule has 0 unspecified atom stereocenters. The Bertz CT molecular complexity index is 818. The van der Waals surface area contributed by atoms with Crippen LogP contribution in [0.25, 0.3) is 11.3 Å². The minimum absolute atomic E-state index is 0.322. The van der Waals surface area contributed by atoms with E-state index in [1.54, 1.807) is 19.1 Å². The second kappa shape index (κ2) is 7.37. The number of carbonyl (C=O) groups is 1. The zero-order chi connectivity index (χ0) is 16.8. The summed E-state index contributed by atoms with van der Waals surface area (Å²) >= 11 is 0. The van der Waals surface area contributed by atoms with Gasteiger partial charge in [-0.05, 0) is 31.2 Å².